The third-order valence-electron chi connectivity index (χ3n) is 3.35. The van der Waals surface area contributed by atoms with Crippen LogP contribution in [0.25, 0.3) is 0 Å². The molecular formula is C19H26N4O2S. The van der Waals surface area contributed by atoms with Gasteiger partial charge in [0.1, 0.15) is 6.17 Å². The van der Waals surface area contributed by atoms with E-state index in [0.717, 1.165) is 17.0 Å². The second kappa shape index (κ2) is 11.1. The maximum atomic E-state index is 10.6. The summed E-state index contributed by atoms with van der Waals surface area (Å²) in [6.07, 6.45) is 6.60. The summed E-state index contributed by atoms with van der Waals surface area (Å²) in [5.41, 5.74) is 3.10. The van der Waals surface area contributed by atoms with E-state index < -0.39 is 0 Å². The van der Waals surface area contributed by atoms with Crippen molar-refractivity contribution in [3.05, 3.63) is 67.8 Å². The van der Waals surface area contributed by atoms with E-state index >= 15 is 0 Å². The highest BCUT2D eigenvalue weighted by atomic mass is 32.1. The van der Waals surface area contributed by atoms with Crippen molar-refractivity contribution in [2.75, 3.05) is 0 Å². The molecule has 0 aliphatic carbocycles. The molecule has 0 spiro atoms. The van der Waals surface area contributed by atoms with E-state index in [1.54, 1.807) is 36.6 Å². The van der Waals surface area contributed by atoms with Crippen LogP contribution in [-0.2, 0) is 6.42 Å². The van der Waals surface area contributed by atoms with Crippen LogP contribution in [0.4, 0.5) is 5.69 Å². The molecule has 0 saturated carbocycles. The molecule has 1 N–H and O–H groups in total. The lowest BCUT2D eigenvalue weighted by Crippen LogP contribution is -2.21. The molecule has 6 nitrogen and oxygen atoms in total. The number of aryl methyl sites for hydroxylation is 1. The first-order valence-electron chi connectivity index (χ1n) is 8.54. The average Bonchev–Trinajstić information content (AvgIpc) is 3.13. The molecule has 0 bridgehead atoms. The van der Waals surface area contributed by atoms with Crippen LogP contribution < -0.4 is 5.32 Å². The van der Waals surface area contributed by atoms with Crippen LogP contribution in [0.3, 0.4) is 0 Å². The van der Waals surface area contributed by atoms with Gasteiger partial charge in [0.05, 0.1) is 9.93 Å². The van der Waals surface area contributed by atoms with Crippen LogP contribution in [0.1, 0.15) is 43.8 Å². The monoisotopic (exact) mass is 374 g/mol. The van der Waals surface area contributed by atoms with Crippen molar-refractivity contribution >= 4 is 23.2 Å². The van der Waals surface area contributed by atoms with E-state index in [-0.39, 0.29) is 16.8 Å². The Balaban J connectivity index is 0.000000284. The fraction of sp³-hybridized carbons (Fsp3) is 0.368. The van der Waals surface area contributed by atoms with Crippen LogP contribution in [0.2, 0.25) is 0 Å². The van der Waals surface area contributed by atoms with Crippen molar-refractivity contribution in [2.45, 2.75) is 47.2 Å². The minimum atomic E-state index is -0.359. The van der Waals surface area contributed by atoms with Gasteiger partial charge in [-0.3, -0.25) is 15.1 Å². The Bertz CT molecular complexity index is 755. The lowest BCUT2D eigenvalue weighted by Gasteiger charge is -2.10. The van der Waals surface area contributed by atoms with Crippen LogP contribution in [-0.4, -0.2) is 22.3 Å². The highest BCUT2D eigenvalue weighted by Crippen LogP contribution is 2.21. The lowest BCUT2D eigenvalue weighted by molar-refractivity contribution is -0.385. The van der Waals surface area contributed by atoms with Crippen LogP contribution in [0, 0.1) is 17.0 Å². The van der Waals surface area contributed by atoms with Crippen molar-refractivity contribution in [1.82, 2.24) is 10.3 Å². The van der Waals surface area contributed by atoms with Gasteiger partial charge in [-0.15, -0.1) is 11.3 Å². The molecule has 7 heteroatoms. The first-order valence-corrected chi connectivity index (χ1v) is 9.42. The number of hydrogen-bond acceptors (Lipinski definition) is 6. The summed E-state index contributed by atoms with van der Waals surface area (Å²) in [6.45, 7) is 9.78. The molecule has 2 aromatic rings. The molecule has 1 aliphatic heterocycles. The summed E-state index contributed by atoms with van der Waals surface area (Å²) in [5, 5.41) is 16.7. The number of rotatable bonds is 3. The molecule has 0 saturated heterocycles. The van der Waals surface area contributed by atoms with E-state index in [9.17, 15) is 10.1 Å². The normalized spacial score (nSPS) is 14.8. The smallest absolute Gasteiger partial charge is 0.272 e. The molecule has 0 amide bonds. The van der Waals surface area contributed by atoms with Gasteiger partial charge >= 0.3 is 0 Å². The van der Waals surface area contributed by atoms with Crippen molar-refractivity contribution in [1.29, 1.82) is 0 Å². The van der Waals surface area contributed by atoms with Crippen LogP contribution in [0.15, 0.2) is 46.5 Å². The fourth-order valence-corrected chi connectivity index (χ4v) is 2.76. The number of aromatic nitrogens is 1. The number of nitrogens with one attached hydrogen (secondary N) is 1. The van der Waals surface area contributed by atoms with Crippen molar-refractivity contribution < 1.29 is 4.92 Å². The maximum absolute atomic E-state index is 10.6. The molecule has 140 valence electrons. The summed E-state index contributed by atoms with van der Waals surface area (Å²) in [5.74, 6) is 0. The quantitative estimate of drug-likeness (QED) is 0.613. The zero-order valence-corrected chi connectivity index (χ0v) is 16.7. The molecule has 0 radical (unpaired) electrons. The van der Waals surface area contributed by atoms with Crippen LogP contribution in [0.5, 0.6) is 0 Å². The Morgan fingerprint density at radius 2 is 2.04 bits per heavy atom. The van der Waals surface area contributed by atoms with E-state index in [0.29, 0.717) is 5.56 Å². The Morgan fingerprint density at radius 3 is 2.50 bits per heavy atom. The molecule has 1 unspecified atom stereocenters. The number of thiazole rings is 1. The van der Waals surface area contributed by atoms with Crippen molar-refractivity contribution in [3.63, 3.8) is 0 Å². The number of allylic oxidation sites excluding steroid dienone is 1. The number of benzene rings is 1. The third kappa shape index (κ3) is 7.14. The molecule has 2 heterocycles. The Labute approximate surface area is 158 Å². The van der Waals surface area contributed by atoms with E-state index in [1.807, 2.05) is 51.6 Å². The van der Waals surface area contributed by atoms with Gasteiger partial charge in [0, 0.05) is 42.0 Å². The Kier molecular flexibility index (Phi) is 9.22. The summed E-state index contributed by atoms with van der Waals surface area (Å²) < 4.78 is 0. The standard InChI is InChI=1S/C11H10N2O2S.C6H10N2.C2H6/c1-8-6-9(2-3-10(8)13(14)15)7-11-12-4-5-16-11;1-5-3-7-6(2)8-4-5;1-2/h2-6H,7H2,1H3;3-4,6-7H,1-2H3;1-2H3. The number of nitro groups is 1. The molecule has 1 aliphatic rings. The number of hydrogen-bond donors (Lipinski definition) is 1. The molecule has 0 fully saturated rings. The Morgan fingerprint density at radius 1 is 1.31 bits per heavy atom. The topological polar surface area (TPSA) is 80.4 Å². The SMILES string of the molecule is CC.CC1=CNC(C)N=C1.Cc1cc(Cc2nccs2)ccc1[N+](=O)[O-]. The highest BCUT2D eigenvalue weighted by molar-refractivity contribution is 7.09. The maximum Gasteiger partial charge on any atom is 0.272 e. The highest BCUT2D eigenvalue weighted by Gasteiger charge is 2.10. The van der Waals surface area contributed by atoms with Gasteiger partial charge in [0.2, 0.25) is 0 Å². The van der Waals surface area contributed by atoms with E-state index in [4.69, 9.17) is 0 Å². The zero-order chi connectivity index (χ0) is 19.5. The molecular weight excluding hydrogens is 348 g/mol. The van der Waals surface area contributed by atoms with Gasteiger partial charge in [0.25, 0.3) is 5.69 Å². The zero-order valence-electron chi connectivity index (χ0n) is 15.9. The van der Waals surface area contributed by atoms with Crippen molar-refractivity contribution in [2.24, 2.45) is 4.99 Å². The van der Waals surface area contributed by atoms with Gasteiger partial charge < -0.3 is 5.32 Å². The Hall–Kier alpha value is -2.54. The number of nitro benzene ring substituents is 1. The minimum absolute atomic E-state index is 0.169. The second-order valence-electron chi connectivity index (χ2n) is 5.49. The molecule has 26 heavy (non-hydrogen) atoms. The van der Waals surface area contributed by atoms with Gasteiger partial charge in [-0.05, 0) is 38.0 Å². The summed E-state index contributed by atoms with van der Waals surface area (Å²) in [7, 11) is 0. The van der Waals surface area contributed by atoms with Crippen LogP contribution >= 0.6 is 11.3 Å². The average molecular weight is 375 g/mol. The molecule has 1 aromatic heterocycles. The lowest BCUT2D eigenvalue weighted by atomic mass is 10.1. The molecule has 3 rings (SSSR count). The third-order valence-corrected chi connectivity index (χ3v) is 4.13. The van der Waals surface area contributed by atoms with Gasteiger partial charge in [0.15, 0.2) is 0 Å². The summed E-state index contributed by atoms with van der Waals surface area (Å²) in [4.78, 5) is 18.6. The summed E-state index contributed by atoms with van der Waals surface area (Å²) >= 11 is 1.59. The first-order chi connectivity index (χ1) is 12.5. The minimum Gasteiger partial charge on any atom is -0.370 e. The van der Waals surface area contributed by atoms with E-state index in [2.05, 4.69) is 15.3 Å². The predicted molar refractivity (Wildman–Crippen MR) is 109 cm³/mol. The van der Waals surface area contributed by atoms with E-state index in [1.165, 1.54) is 5.57 Å². The van der Waals surface area contributed by atoms with Crippen molar-refractivity contribution in [3.8, 4) is 0 Å². The number of nitrogens with zero attached hydrogens (tertiary/aromatic N) is 3. The second-order valence-corrected chi connectivity index (χ2v) is 6.47. The molecule has 1 atom stereocenters. The molecule has 1 aromatic carbocycles. The largest absolute Gasteiger partial charge is 0.370 e. The fourth-order valence-electron chi connectivity index (χ4n) is 2.11. The van der Waals surface area contributed by atoms with Gasteiger partial charge in [-0.2, -0.15) is 0 Å². The predicted octanol–water partition coefficient (Wildman–Crippen LogP) is 4.89. The summed E-state index contributed by atoms with van der Waals surface area (Å²) in [6, 6.07) is 5.18. The van der Waals surface area contributed by atoms with Gasteiger partial charge in [-0.1, -0.05) is 19.9 Å². The first kappa shape index (κ1) is 21.5. The number of aliphatic imine (C=N–C) groups is 1. The van der Waals surface area contributed by atoms with Gasteiger partial charge in [-0.25, -0.2) is 4.98 Å².